The van der Waals surface area contributed by atoms with Gasteiger partial charge in [0.2, 0.25) is 0 Å². The van der Waals surface area contributed by atoms with Gasteiger partial charge >= 0.3 is 37.1 Å². The maximum atomic E-state index is 15.4. The molecule has 0 atom stereocenters. The fraction of sp³-hybridized carbons (Fsp3) is 0.0984. The van der Waals surface area contributed by atoms with E-state index in [1.165, 1.54) is 88.0 Å². The number of halogens is 18. The van der Waals surface area contributed by atoms with E-state index in [9.17, 15) is 71.1 Å². The number of hydrogen-bond acceptors (Lipinski definition) is 1. The second kappa shape index (κ2) is 19.0. The van der Waals surface area contributed by atoms with Gasteiger partial charge in [-0.2, -0.15) is 84.3 Å². The Bertz CT molecular complexity index is 4440. The smallest absolute Gasteiger partial charge is 0.309 e. The minimum Gasteiger partial charge on any atom is -0.309 e. The van der Waals surface area contributed by atoms with Gasteiger partial charge < -0.3 is 9.13 Å². The third kappa shape index (κ3) is 9.38. The molecule has 0 aliphatic rings. The zero-order valence-corrected chi connectivity index (χ0v) is 40.9. The first-order valence-corrected chi connectivity index (χ1v) is 24.0. The monoisotopic (exact) mass is 1150 g/mol. The first-order valence-electron chi connectivity index (χ1n) is 24.0. The highest BCUT2D eigenvalue weighted by Crippen LogP contribution is 2.51. The molecule has 0 saturated carbocycles. The Kier molecular flexibility index (Phi) is 12.7. The van der Waals surface area contributed by atoms with Crippen molar-refractivity contribution < 1.29 is 79.0 Å². The molecule has 0 unspecified atom stereocenters. The van der Waals surface area contributed by atoms with Crippen LogP contribution < -0.4 is 0 Å². The predicted octanol–water partition coefficient (Wildman–Crippen LogP) is 20.5. The topological polar surface area (TPSA) is 33.6 Å². The molecule has 0 fully saturated rings. The largest absolute Gasteiger partial charge is 0.417 e. The molecule has 2 aromatic heterocycles. The Morgan fingerprint density at radius 3 is 1.06 bits per heavy atom. The van der Waals surface area contributed by atoms with Crippen molar-refractivity contribution in [3.05, 3.63) is 215 Å². The number of nitrogens with zero attached hydrogens (tertiary/aromatic N) is 3. The van der Waals surface area contributed by atoms with Crippen LogP contribution in [0.4, 0.5) is 79.0 Å². The number of nitriles is 1. The number of hydrogen-bond donors (Lipinski definition) is 0. The lowest BCUT2D eigenvalue weighted by Gasteiger charge is -2.24. The molecular weight excluding hydrogens is 1120 g/mol. The van der Waals surface area contributed by atoms with Gasteiger partial charge in [0.1, 0.15) is 0 Å². The molecule has 3 nitrogen and oxygen atoms in total. The number of rotatable bonds is 6. The molecule has 0 radical (unpaired) electrons. The Morgan fingerprint density at radius 1 is 0.293 bits per heavy atom. The Morgan fingerprint density at radius 2 is 0.659 bits per heavy atom. The van der Waals surface area contributed by atoms with Crippen molar-refractivity contribution in [2.45, 2.75) is 37.1 Å². The van der Waals surface area contributed by atoms with E-state index in [1.54, 1.807) is 42.5 Å². The van der Waals surface area contributed by atoms with E-state index in [4.69, 9.17) is 0 Å². The van der Waals surface area contributed by atoms with Crippen LogP contribution in [0.25, 0.3) is 99.5 Å². The highest BCUT2D eigenvalue weighted by Gasteiger charge is 2.42. The molecule has 0 aliphatic heterocycles. The molecule has 0 aliphatic carbocycles. The van der Waals surface area contributed by atoms with E-state index in [0.29, 0.717) is 41.8 Å². The van der Waals surface area contributed by atoms with Crippen molar-refractivity contribution in [3.8, 4) is 62.0 Å². The molecule has 11 rings (SSSR count). The minimum absolute atomic E-state index is 0.00252. The summed E-state index contributed by atoms with van der Waals surface area (Å²) in [5.74, 6) is 0. The molecule has 0 saturated heterocycles. The van der Waals surface area contributed by atoms with Gasteiger partial charge in [0.25, 0.3) is 0 Å². The van der Waals surface area contributed by atoms with Gasteiger partial charge in [0, 0.05) is 32.7 Å². The lowest BCUT2D eigenvalue weighted by Crippen LogP contribution is -2.13. The van der Waals surface area contributed by atoms with E-state index in [-0.39, 0.29) is 95.6 Å². The second-order valence-corrected chi connectivity index (χ2v) is 18.9. The molecule has 0 spiro atoms. The Balaban J connectivity index is 1.24. The van der Waals surface area contributed by atoms with E-state index in [2.05, 4.69) is 6.07 Å². The van der Waals surface area contributed by atoms with Crippen molar-refractivity contribution in [2.75, 3.05) is 0 Å². The molecule has 21 heteroatoms. The van der Waals surface area contributed by atoms with Crippen LogP contribution >= 0.6 is 0 Å². The highest BCUT2D eigenvalue weighted by molar-refractivity contribution is 6.14. The van der Waals surface area contributed by atoms with Crippen molar-refractivity contribution >= 4 is 43.6 Å². The normalized spacial score (nSPS) is 13.0. The van der Waals surface area contributed by atoms with E-state index >= 15 is 13.2 Å². The van der Waals surface area contributed by atoms with Crippen molar-refractivity contribution in [1.29, 1.82) is 5.26 Å². The zero-order chi connectivity index (χ0) is 58.8. The fourth-order valence-corrected chi connectivity index (χ4v) is 10.7. The van der Waals surface area contributed by atoms with Crippen LogP contribution in [-0.2, 0) is 37.1 Å². The molecule has 0 N–H and O–H groups in total. The maximum absolute atomic E-state index is 15.4. The van der Waals surface area contributed by atoms with Crippen LogP contribution in [0.15, 0.2) is 176 Å². The van der Waals surface area contributed by atoms with Gasteiger partial charge in [0.05, 0.1) is 78.5 Å². The van der Waals surface area contributed by atoms with Crippen LogP contribution in [0.5, 0.6) is 0 Å². The summed E-state index contributed by atoms with van der Waals surface area (Å²) in [5.41, 5.74) is -12.6. The van der Waals surface area contributed by atoms with Gasteiger partial charge in [-0.05, 0) is 124 Å². The van der Waals surface area contributed by atoms with E-state index in [0.717, 1.165) is 0 Å². The van der Waals surface area contributed by atoms with Crippen LogP contribution in [0.2, 0.25) is 0 Å². The summed E-state index contributed by atoms with van der Waals surface area (Å²) in [5, 5.41) is 12.1. The average molecular weight is 1150 g/mol. The summed E-state index contributed by atoms with van der Waals surface area (Å²) in [7, 11) is 0. The Labute approximate surface area is 449 Å². The quantitative estimate of drug-likeness (QED) is 0.153. The van der Waals surface area contributed by atoms with Gasteiger partial charge in [-0.1, -0.05) is 84.9 Å². The first kappa shape index (κ1) is 54.8. The fourth-order valence-electron chi connectivity index (χ4n) is 10.7. The predicted molar refractivity (Wildman–Crippen MR) is 272 cm³/mol. The maximum Gasteiger partial charge on any atom is 0.417 e. The minimum atomic E-state index is -5.48. The number of para-hydroxylation sites is 2. The van der Waals surface area contributed by atoms with Crippen molar-refractivity contribution in [2.24, 2.45) is 0 Å². The summed E-state index contributed by atoms with van der Waals surface area (Å²) in [6.45, 7) is 0. The molecule has 0 bridgehead atoms. The molecular formula is C61H29F18N3. The molecule has 82 heavy (non-hydrogen) atoms. The Hall–Kier alpha value is -9.19. The van der Waals surface area contributed by atoms with Gasteiger partial charge in [-0.25, -0.2) is 0 Å². The van der Waals surface area contributed by atoms with Crippen LogP contribution in [0.3, 0.4) is 0 Å². The van der Waals surface area contributed by atoms with Gasteiger partial charge in [0.15, 0.2) is 0 Å². The third-order valence-corrected chi connectivity index (χ3v) is 14.2. The second-order valence-electron chi connectivity index (χ2n) is 18.9. The summed E-state index contributed by atoms with van der Waals surface area (Å²) in [4.78, 5) is 0. The highest BCUT2D eigenvalue weighted by atomic mass is 19.4. The SMILES string of the molecule is N#Cc1cccc(-n2c3ccccc3c3cc(-c4ccc(C(F)(F)F)cc4C(F)(F)F)ccc32)c1-c1c(-c2ccc(C(F)(F)F)cc2C(F)(F)F)cccc1-n1c2ccccc2c2cc(-c3ccc(C(F)(F)F)cc3C(F)(F)F)ccc21. The molecule has 0 amide bonds. The summed E-state index contributed by atoms with van der Waals surface area (Å²) in [6.07, 6.45) is -31.6. The summed E-state index contributed by atoms with van der Waals surface area (Å²) in [6, 6.07) is 33.4. The van der Waals surface area contributed by atoms with Crippen molar-refractivity contribution in [3.63, 3.8) is 0 Å². The molecule has 414 valence electrons. The van der Waals surface area contributed by atoms with E-state index < -0.39 is 92.7 Å². The molecule has 2 heterocycles. The first-order chi connectivity index (χ1) is 38.4. The lowest BCUT2D eigenvalue weighted by atomic mass is 9.86. The van der Waals surface area contributed by atoms with Crippen molar-refractivity contribution in [1.82, 2.24) is 9.13 Å². The zero-order valence-electron chi connectivity index (χ0n) is 40.9. The number of fused-ring (bicyclic) bond motifs is 6. The number of benzene rings is 9. The molecule has 11 aromatic rings. The summed E-state index contributed by atoms with van der Waals surface area (Å²) >= 11 is 0. The van der Waals surface area contributed by atoms with Crippen LogP contribution in [0, 0.1) is 11.3 Å². The third-order valence-electron chi connectivity index (χ3n) is 14.2. The summed E-state index contributed by atoms with van der Waals surface area (Å²) < 4.78 is 262. The molecule has 9 aromatic carbocycles. The number of aromatic nitrogens is 2. The van der Waals surface area contributed by atoms with E-state index in [1.807, 2.05) is 0 Å². The van der Waals surface area contributed by atoms with Gasteiger partial charge in [-0.3, -0.25) is 0 Å². The average Bonchev–Trinajstić information content (AvgIpc) is 2.15. The lowest BCUT2D eigenvalue weighted by molar-refractivity contribution is -0.144. The standard InChI is InChI=1S/C61H29F18N3/c62-56(63,64)34-17-20-37(45(27-34)59(71,72)73)31-15-23-50-43(25-31)40-8-1-3-11-48(40)81(50)52-13-5-7-33(30-80)54(52)55-42(39-22-19-36(58(68,69)70)29-47(39)61(77,78)79)10-6-14-53(55)82-49-12-4-2-9-41(49)44-26-32(16-24-51(44)82)38-21-18-35(57(65,66)67)28-46(38)60(74,75)76/h1-29H. The van der Waals surface area contributed by atoms with Crippen LogP contribution in [0.1, 0.15) is 38.9 Å². The van der Waals surface area contributed by atoms with Gasteiger partial charge in [-0.15, -0.1) is 0 Å². The number of alkyl halides is 18. The van der Waals surface area contributed by atoms with Crippen LogP contribution in [-0.4, -0.2) is 9.13 Å².